The lowest BCUT2D eigenvalue weighted by Crippen LogP contribution is -2.23. The molecule has 0 aromatic heterocycles. The summed E-state index contributed by atoms with van der Waals surface area (Å²) in [7, 11) is 0. The predicted molar refractivity (Wildman–Crippen MR) is 66.3 cm³/mol. The first-order valence-corrected chi connectivity index (χ1v) is 5.18. The van der Waals surface area contributed by atoms with Crippen molar-refractivity contribution in [1.29, 1.82) is 0 Å². The predicted octanol–water partition coefficient (Wildman–Crippen LogP) is 5.67. The first-order chi connectivity index (χ1) is 5.18. The van der Waals surface area contributed by atoms with Gasteiger partial charge in [0.2, 0.25) is 0 Å². The van der Waals surface area contributed by atoms with E-state index in [1.54, 1.807) is 0 Å². The molecular formula is C13H32. The summed E-state index contributed by atoms with van der Waals surface area (Å²) < 4.78 is 0. The van der Waals surface area contributed by atoms with Crippen molar-refractivity contribution in [2.75, 3.05) is 0 Å². The molecule has 0 unspecified atom stereocenters. The van der Waals surface area contributed by atoms with Gasteiger partial charge in [0.05, 0.1) is 0 Å². The van der Waals surface area contributed by atoms with Crippen molar-refractivity contribution in [3.8, 4) is 0 Å². The first kappa shape index (κ1) is 18.7. The third-order valence-electron chi connectivity index (χ3n) is 2.91. The summed E-state index contributed by atoms with van der Waals surface area (Å²) in [5, 5.41) is 0. The molecule has 0 bridgehead atoms. The number of rotatable bonds is 2. The molecule has 1 aliphatic rings. The number of hydrogen-bond donors (Lipinski definition) is 0. The maximum Gasteiger partial charge on any atom is -0.0328 e. The molecule has 0 saturated heterocycles. The highest BCUT2D eigenvalue weighted by molar-refractivity contribution is 4.81. The van der Waals surface area contributed by atoms with Crippen LogP contribution in [0, 0.1) is 5.41 Å². The highest BCUT2D eigenvalue weighted by Crippen LogP contribution is 2.42. The molecule has 1 rings (SSSR count). The van der Waals surface area contributed by atoms with E-state index < -0.39 is 0 Å². The number of unbranched alkanes of at least 4 members (excludes halogenated alkanes) is 1. The molecule has 0 heterocycles. The summed E-state index contributed by atoms with van der Waals surface area (Å²) in [6.07, 6.45) is 8.45. The summed E-state index contributed by atoms with van der Waals surface area (Å²) in [5.74, 6) is 0. The minimum atomic E-state index is 0. The summed E-state index contributed by atoms with van der Waals surface area (Å²) in [5.41, 5.74) is 0.764. The van der Waals surface area contributed by atoms with Crippen molar-refractivity contribution in [2.45, 2.75) is 81.1 Å². The van der Waals surface area contributed by atoms with Crippen LogP contribution in [0.15, 0.2) is 0 Å². The van der Waals surface area contributed by atoms with Crippen molar-refractivity contribution in [2.24, 2.45) is 5.41 Å². The topological polar surface area (TPSA) is 0 Å². The van der Waals surface area contributed by atoms with Crippen molar-refractivity contribution < 1.29 is 0 Å². The molecule has 0 radical (unpaired) electrons. The Morgan fingerprint density at radius 3 is 1.31 bits per heavy atom. The van der Waals surface area contributed by atoms with Gasteiger partial charge in [-0.15, -0.1) is 0 Å². The van der Waals surface area contributed by atoms with Crippen LogP contribution in [0.1, 0.15) is 81.1 Å². The molecule has 0 N–H and O–H groups in total. The van der Waals surface area contributed by atoms with E-state index in [9.17, 15) is 0 Å². The van der Waals surface area contributed by atoms with Gasteiger partial charge in [-0.25, -0.2) is 0 Å². The maximum atomic E-state index is 2.39. The molecule has 0 heteroatoms. The molecule has 1 fully saturated rings. The Morgan fingerprint density at radius 2 is 1.31 bits per heavy atom. The second kappa shape index (κ2) is 10.1. The molecule has 0 aromatic carbocycles. The summed E-state index contributed by atoms with van der Waals surface area (Å²) in [4.78, 5) is 0. The Bertz CT molecular complexity index is 72.5. The largest absolute Gasteiger partial charge is 0.0776 e. The van der Waals surface area contributed by atoms with Gasteiger partial charge in [-0.05, 0) is 18.3 Å². The Hall–Kier alpha value is 0. The van der Waals surface area contributed by atoms with Crippen LogP contribution in [0.4, 0.5) is 0 Å². The van der Waals surface area contributed by atoms with Crippen LogP contribution in [0.5, 0.6) is 0 Å². The van der Waals surface area contributed by atoms with Crippen LogP contribution in [-0.4, -0.2) is 0 Å². The highest BCUT2D eigenvalue weighted by Gasteiger charge is 2.28. The summed E-state index contributed by atoms with van der Waals surface area (Å²) >= 11 is 0. The Balaban J connectivity index is -0.000000150. The minimum absolute atomic E-state index is 0. The second-order valence-electron chi connectivity index (χ2n) is 4.02. The fourth-order valence-electron chi connectivity index (χ4n) is 1.13. The Labute approximate surface area is 87.1 Å². The zero-order valence-corrected chi connectivity index (χ0v) is 8.74. The van der Waals surface area contributed by atoms with E-state index in [4.69, 9.17) is 0 Å². The quantitative estimate of drug-likeness (QED) is 0.524. The molecule has 0 atom stereocenters. The molecule has 1 saturated carbocycles. The van der Waals surface area contributed by atoms with Gasteiger partial charge in [0.25, 0.3) is 0 Å². The normalized spacial score (nSPS) is 16.6. The SMILES string of the molecule is C.C.CCC1(C)CCC1.CCCC. The van der Waals surface area contributed by atoms with Gasteiger partial charge in [0.15, 0.2) is 0 Å². The zero-order chi connectivity index (χ0) is 8.74. The lowest BCUT2D eigenvalue weighted by molar-refractivity contribution is 0.155. The van der Waals surface area contributed by atoms with Crippen LogP contribution in [0.3, 0.4) is 0 Å². The lowest BCUT2D eigenvalue weighted by Gasteiger charge is -2.37. The van der Waals surface area contributed by atoms with Gasteiger partial charge in [0, 0.05) is 0 Å². The van der Waals surface area contributed by atoms with Crippen LogP contribution in [0.2, 0.25) is 0 Å². The average molecular weight is 188 g/mol. The summed E-state index contributed by atoms with van der Waals surface area (Å²) in [6.45, 7) is 9.04. The first-order valence-electron chi connectivity index (χ1n) is 5.18. The molecule has 0 nitrogen and oxygen atoms in total. The van der Waals surface area contributed by atoms with Crippen LogP contribution >= 0.6 is 0 Å². The lowest BCUT2D eigenvalue weighted by atomic mass is 9.69. The minimum Gasteiger partial charge on any atom is -0.0776 e. The molecule has 0 aliphatic heterocycles. The van der Waals surface area contributed by atoms with Crippen LogP contribution < -0.4 is 0 Å². The third-order valence-corrected chi connectivity index (χ3v) is 2.91. The highest BCUT2D eigenvalue weighted by atomic mass is 14.3. The Morgan fingerprint density at radius 1 is 0.923 bits per heavy atom. The molecule has 0 amide bonds. The third kappa shape index (κ3) is 8.33. The second-order valence-corrected chi connectivity index (χ2v) is 4.02. The van der Waals surface area contributed by atoms with Crippen molar-refractivity contribution in [3.05, 3.63) is 0 Å². The zero-order valence-electron chi connectivity index (χ0n) is 8.74. The fraction of sp³-hybridized carbons (Fsp3) is 1.00. The van der Waals surface area contributed by atoms with Crippen molar-refractivity contribution in [1.82, 2.24) is 0 Å². The van der Waals surface area contributed by atoms with Gasteiger partial charge < -0.3 is 0 Å². The molecule has 0 spiro atoms. The summed E-state index contributed by atoms with van der Waals surface area (Å²) in [6, 6.07) is 0. The molecule has 13 heavy (non-hydrogen) atoms. The molecule has 1 aliphatic carbocycles. The molecule has 0 aromatic rings. The van der Waals surface area contributed by atoms with E-state index in [1.165, 1.54) is 38.5 Å². The van der Waals surface area contributed by atoms with Gasteiger partial charge in [-0.2, -0.15) is 0 Å². The smallest absolute Gasteiger partial charge is 0.0328 e. The van der Waals surface area contributed by atoms with Gasteiger partial charge in [0.1, 0.15) is 0 Å². The van der Waals surface area contributed by atoms with Crippen molar-refractivity contribution >= 4 is 0 Å². The number of hydrogen-bond acceptors (Lipinski definition) is 0. The Kier molecular flexibility index (Phi) is 14.5. The van der Waals surface area contributed by atoms with E-state index in [-0.39, 0.29) is 14.9 Å². The van der Waals surface area contributed by atoms with Crippen molar-refractivity contribution in [3.63, 3.8) is 0 Å². The van der Waals surface area contributed by atoms with Gasteiger partial charge in [-0.1, -0.05) is 68.2 Å². The average Bonchev–Trinajstić information content (AvgIpc) is 2.01. The van der Waals surface area contributed by atoms with Gasteiger partial charge >= 0.3 is 0 Å². The van der Waals surface area contributed by atoms with E-state index in [0.29, 0.717) is 0 Å². The molecular weight excluding hydrogens is 156 g/mol. The van der Waals surface area contributed by atoms with Crippen LogP contribution in [-0.2, 0) is 0 Å². The van der Waals surface area contributed by atoms with Crippen LogP contribution in [0.25, 0.3) is 0 Å². The maximum absolute atomic E-state index is 2.39. The van der Waals surface area contributed by atoms with E-state index in [0.717, 1.165) is 5.41 Å². The van der Waals surface area contributed by atoms with Gasteiger partial charge in [-0.3, -0.25) is 0 Å². The van der Waals surface area contributed by atoms with E-state index >= 15 is 0 Å². The van der Waals surface area contributed by atoms with E-state index in [1.807, 2.05) is 0 Å². The monoisotopic (exact) mass is 188 g/mol. The van der Waals surface area contributed by atoms with E-state index in [2.05, 4.69) is 27.7 Å². The molecule has 84 valence electrons. The fourth-order valence-corrected chi connectivity index (χ4v) is 1.13. The standard InChI is InChI=1S/C7H14.C4H10.2CH4/c1-3-7(2)5-4-6-7;1-3-4-2;;/h3-6H2,1-2H3;3-4H2,1-2H3;2*1H4.